The SMILES string of the molecule is CCC(CC)C(C)NCCS(=O)(=O)c1cccc(C#N)c1. The maximum atomic E-state index is 12.2. The third kappa shape index (κ3) is 5.14. The average molecular weight is 308 g/mol. The van der Waals surface area contributed by atoms with Crippen molar-refractivity contribution in [3.63, 3.8) is 0 Å². The van der Waals surface area contributed by atoms with Gasteiger partial charge in [-0.25, -0.2) is 8.42 Å². The molecule has 1 aromatic carbocycles. The Kier molecular flexibility index (Phi) is 6.86. The summed E-state index contributed by atoms with van der Waals surface area (Å²) in [5.41, 5.74) is 0.370. The van der Waals surface area contributed by atoms with E-state index in [-0.39, 0.29) is 10.6 Å². The highest BCUT2D eigenvalue weighted by atomic mass is 32.2. The zero-order valence-corrected chi connectivity index (χ0v) is 13.8. The molecule has 0 heterocycles. The van der Waals surface area contributed by atoms with Crippen molar-refractivity contribution in [2.45, 2.75) is 44.6 Å². The Labute approximate surface area is 128 Å². The van der Waals surface area contributed by atoms with Gasteiger partial charge in [0.25, 0.3) is 0 Å². The van der Waals surface area contributed by atoms with E-state index in [1.165, 1.54) is 6.07 Å². The van der Waals surface area contributed by atoms with Crippen LogP contribution in [-0.4, -0.2) is 26.8 Å². The van der Waals surface area contributed by atoms with Crippen LogP contribution in [0.3, 0.4) is 0 Å². The van der Waals surface area contributed by atoms with Gasteiger partial charge in [-0.2, -0.15) is 5.26 Å². The van der Waals surface area contributed by atoms with Gasteiger partial charge in [0.15, 0.2) is 9.84 Å². The molecule has 0 aliphatic heterocycles. The molecule has 0 saturated heterocycles. The molecule has 0 amide bonds. The zero-order valence-electron chi connectivity index (χ0n) is 13.0. The number of nitrogens with one attached hydrogen (secondary N) is 1. The van der Waals surface area contributed by atoms with Crippen molar-refractivity contribution in [1.82, 2.24) is 5.32 Å². The first-order valence-corrected chi connectivity index (χ1v) is 9.06. The molecule has 0 bridgehead atoms. The number of nitriles is 1. The zero-order chi connectivity index (χ0) is 15.9. The van der Waals surface area contributed by atoms with Gasteiger partial charge in [0, 0.05) is 12.6 Å². The highest BCUT2D eigenvalue weighted by Crippen LogP contribution is 2.14. The fraction of sp³-hybridized carbons (Fsp3) is 0.562. The van der Waals surface area contributed by atoms with Gasteiger partial charge in [0.2, 0.25) is 0 Å². The van der Waals surface area contributed by atoms with E-state index >= 15 is 0 Å². The molecule has 1 unspecified atom stereocenters. The number of rotatable bonds is 8. The highest BCUT2D eigenvalue weighted by molar-refractivity contribution is 7.91. The van der Waals surface area contributed by atoms with Crippen LogP contribution < -0.4 is 5.32 Å². The molecule has 0 aromatic heterocycles. The van der Waals surface area contributed by atoms with Gasteiger partial charge in [-0.15, -0.1) is 0 Å². The molecule has 1 N–H and O–H groups in total. The van der Waals surface area contributed by atoms with Crippen LogP contribution in [0.15, 0.2) is 29.2 Å². The summed E-state index contributed by atoms with van der Waals surface area (Å²) >= 11 is 0. The van der Waals surface area contributed by atoms with Gasteiger partial charge in [-0.05, 0) is 31.0 Å². The van der Waals surface area contributed by atoms with Crippen molar-refractivity contribution in [2.24, 2.45) is 5.92 Å². The van der Waals surface area contributed by atoms with Crippen LogP contribution in [0.4, 0.5) is 0 Å². The Bertz CT molecular complexity index is 587. The van der Waals surface area contributed by atoms with E-state index in [1.807, 2.05) is 6.07 Å². The molecule has 1 rings (SSSR count). The van der Waals surface area contributed by atoms with Crippen LogP contribution in [0, 0.1) is 17.2 Å². The van der Waals surface area contributed by atoms with E-state index < -0.39 is 9.84 Å². The second-order valence-electron chi connectivity index (χ2n) is 5.28. The summed E-state index contributed by atoms with van der Waals surface area (Å²) in [5.74, 6) is 0.612. The fourth-order valence-corrected chi connectivity index (χ4v) is 3.68. The minimum Gasteiger partial charge on any atom is -0.313 e. The molecule has 0 spiro atoms. The van der Waals surface area contributed by atoms with E-state index in [1.54, 1.807) is 18.2 Å². The first-order chi connectivity index (χ1) is 9.94. The molecular formula is C16H24N2O2S. The second kappa shape index (κ2) is 8.16. The summed E-state index contributed by atoms with van der Waals surface area (Å²) in [5, 5.41) is 12.1. The summed E-state index contributed by atoms with van der Waals surface area (Å²) in [6.45, 7) is 6.82. The molecular weight excluding hydrogens is 284 g/mol. The third-order valence-corrected chi connectivity index (χ3v) is 5.63. The van der Waals surface area contributed by atoms with E-state index in [9.17, 15) is 8.42 Å². The van der Waals surface area contributed by atoms with Crippen molar-refractivity contribution in [3.8, 4) is 6.07 Å². The van der Waals surface area contributed by atoms with Gasteiger partial charge in [-0.1, -0.05) is 32.8 Å². The first-order valence-electron chi connectivity index (χ1n) is 7.40. The molecule has 1 atom stereocenters. The number of benzene rings is 1. The molecule has 1 aromatic rings. The van der Waals surface area contributed by atoms with Gasteiger partial charge in [0.05, 0.1) is 22.3 Å². The second-order valence-corrected chi connectivity index (χ2v) is 7.39. The largest absolute Gasteiger partial charge is 0.313 e. The number of sulfone groups is 1. The van der Waals surface area contributed by atoms with Gasteiger partial charge >= 0.3 is 0 Å². The number of hydrogen-bond donors (Lipinski definition) is 1. The first kappa shape index (κ1) is 17.7. The Morgan fingerprint density at radius 3 is 2.52 bits per heavy atom. The number of hydrogen-bond acceptors (Lipinski definition) is 4. The Morgan fingerprint density at radius 1 is 1.29 bits per heavy atom. The number of nitrogens with zero attached hydrogens (tertiary/aromatic N) is 1. The van der Waals surface area contributed by atoms with Crippen LogP contribution in [0.2, 0.25) is 0 Å². The third-order valence-electron chi connectivity index (χ3n) is 3.92. The maximum Gasteiger partial charge on any atom is 0.179 e. The molecule has 0 fully saturated rings. The summed E-state index contributed by atoms with van der Waals surface area (Å²) in [7, 11) is -3.34. The lowest BCUT2D eigenvalue weighted by Crippen LogP contribution is -2.36. The van der Waals surface area contributed by atoms with E-state index in [4.69, 9.17) is 5.26 Å². The lowest BCUT2D eigenvalue weighted by atomic mass is 9.96. The summed E-state index contributed by atoms with van der Waals surface area (Å²) in [4.78, 5) is 0.221. The molecule has 5 heteroatoms. The van der Waals surface area contributed by atoms with Crippen LogP contribution in [0.25, 0.3) is 0 Å². The predicted molar refractivity (Wildman–Crippen MR) is 84.7 cm³/mol. The lowest BCUT2D eigenvalue weighted by Gasteiger charge is -2.22. The summed E-state index contributed by atoms with van der Waals surface area (Å²) in [6.07, 6.45) is 2.17. The minimum absolute atomic E-state index is 0.0480. The van der Waals surface area contributed by atoms with Crippen LogP contribution in [0.5, 0.6) is 0 Å². The van der Waals surface area contributed by atoms with Crippen molar-refractivity contribution in [1.29, 1.82) is 5.26 Å². The molecule has 0 aliphatic carbocycles. The van der Waals surface area contributed by atoms with Crippen LogP contribution in [0.1, 0.15) is 39.2 Å². The predicted octanol–water partition coefficient (Wildman–Crippen LogP) is 2.75. The highest BCUT2D eigenvalue weighted by Gasteiger charge is 2.17. The smallest absolute Gasteiger partial charge is 0.179 e. The average Bonchev–Trinajstić information content (AvgIpc) is 2.48. The van der Waals surface area contributed by atoms with Gasteiger partial charge < -0.3 is 5.32 Å². The Morgan fingerprint density at radius 2 is 1.95 bits per heavy atom. The summed E-state index contributed by atoms with van der Waals surface area (Å²) < 4.78 is 24.5. The molecule has 4 nitrogen and oxygen atoms in total. The monoisotopic (exact) mass is 308 g/mol. The van der Waals surface area contributed by atoms with Crippen molar-refractivity contribution >= 4 is 9.84 Å². The molecule has 116 valence electrons. The summed E-state index contributed by atoms with van der Waals surface area (Å²) in [6, 6.07) is 8.45. The maximum absolute atomic E-state index is 12.2. The molecule has 21 heavy (non-hydrogen) atoms. The Balaban J connectivity index is 2.63. The topological polar surface area (TPSA) is 70.0 Å². The normalized spacial score (nSPS) is 13.1. The van der Waals surface area contributed by atoms with Gasteiger partial charge in [0.1, 0.15) is 0 Å². The lowest BCUT2D eigenvalue weighted by molar-refractivity contribution is 0.360. The van der Waals surface area contributed by atoms with E-state index in [2.05, 4.69) is 26.1 Å². The molecule has 0 radical (unpaired) electrons. The standard InChI is InChI=1S/C16H24N2O2S/c1-4-15(5-2)13(3)18-9-10-21(19,20)16-8-6-7-14(11-16)12-17/h6-8,11,13,15,18H,4-5,9-10H2,1-3H3. The minimum atomic E-state index is -3.34. The molecule has 0 saturated carbocycles. The van der Waals surface area contributed by atoms with Crippen LogP contribution >= 0.6 is 0 Å². The molecule has 0 aliphatic rings. The quantitative estimate of drug-likeness (QED) is 0.801. The van der Waals surface area contributed by atoms with Gasteiger partial charge in [-0.3, -0.25) is 0 Å². The van der Waals surface area contributed by atoms with E-state index in [0.29, 0.717) is 24.1 Å². The van der Waals surface area contributed by atoms with Crippen molar-refractivity contribution < 1.29 is 8.42 Å². The van der Waals surface area contributed by atoms with Crippen LogP contribution in [-0.2, 0) is 9.84 Å². The van der Waals surface area contributed by atoms with Crippen molar-refractivity contribution in [3.05, 3.63) is 29.8 Å². The fourth-order valence-electron chi connectivity index (χ4n) is 2.46. The van der Waals surface area contributed by atoms with Crippen molar-refractivity contribution in [2.75, 3.05) is 12.3 Å². The Hall–Kier alpha value is -1.38. The van der Waals surface area contributed by atoms with E-state index in [0.717, 1.165) is 12.8 Å².